The zero-order valence-corrected chi connectivity index (χ0v) is 11.5. The molecule has 0 spiro atoms. The van der Waals surface area contributed by atoms with Gasteiger partial charge in [-0.05, 0) is 26.3 Å². The van der Waals surface area contributed by atoms with Crippen LogP contribution in [0.15, 0.2) is 4.79 Å². The molecule has 2 unspecified atom stereocenters. The number of nitrogens with one attached hydrogen (secondary N) is 1. The molecule has 19 heavy (non-hydrogen) atoms. The summed E-state index contributed by atoms with van der Waals surface area (Å²) < 4.78 is 8.91. The maximum atomic E-state index is 12.3. The molecule has 0 bridgehead atoms. The van der Waals surface area contributed by atoms with Crippen molar-refractivity contribution >= 4 is 0 Å². The van der Waals surface area contributed by atoms with Gasteiger partial charge >= 0.3 is 5.69 Å². The van der Waals surface area contributed by atoms with Crippen molar-refractivity contribution in [2.24, 2.45) is 5.92 Å². The minimum absolute atomic E-state index is 0.0499. The van der Waals surface area contributed by atoms with E-state index in [-0.39, 0.29) is 11.7 Å². The molecular weight excluding hydrogens is 244 g/mol. The number of hydrogen-bond donors (Lipinski definition) is 1. The van der Waals surface area contributed by atoms with Gasteiger partial charge in [0.2, 0.25) is 0 Å². The predicted octanol–water partition coefficient (Wildman–Crippen LogP) is 0.00560. The molecule has 106 valence electrons. The zero-order chi connectivity index (χ0) is 13.2. The standard InChI is InChI=1S/C13H22N4O2/c1-14-11(10-5-7-19-9-10)8-17-13(18)16-6-3-2-4-12(16)15-17/h10-11,14H,2-9H2,1H3. The smallest absolute Gasteiger partial charge is 0.345 e. The third-order valence-corrected chi connectivity index (χ3v) is 4.31. The molecule has 3 heterocycles. The van der Waals surface area contributed by atoms with E-state index in [1.807, 2.05) is 11.6 Å². The van der Waals surface area contributed by atoms with Crippen molar-refractivity contribution < 1.29 is 4.74 Å². The van der Waals surface area contributed by atoms with Crippen LogP contribution in [-0.2, 0) is 24.2 Å². The first-order valence-corrected chi connectivity index (χ1v) is 7.21. The molecule has 1 fully saturated rings. The molecule has 0 saturated carbocycles. The van der Waals surface area contributed by atoms with Gasteiger partial charge in [0.05, 0.1) is 13.2 Å². The summed E-state index contributed by atoms with van der Waals surface area (Å²) in [6.07, 6.45) is 4.22. The number of nitrogens with zero attached hydrogens (tertiary/aromatic N) is 3. The van der Waals surface area contributed by atoms with Gasteiger partial charge in [0, 0.05) is 31.5 Å². The van der Waals surface area contributed by atoms with E-state index in [9.17, 15) is 4.79 Å². The van der Waals surface area contributed by atoms with Crippen LogP contribution in [0.4, 0.5) is 0 Å². The molecule has 0 radical (unpaired) electrons. The van der Waals surface area contributed by atoms with Gasteiger partial charge in [-0.3, -0.25) is 4.57 Å². The Balaban J connectivity index is 1.78. The molecule has 3 rings (SSSR count). The van der Waals surface area contributed by atoms with Crippen molar-refractivity contribution in [3.05, 3.63) is 16.3 Å². The monoisotopic (exact) mass is 266 g/mol. The summed E-state index contributed by atoms with van der Waals surface area (Å²) >= 11 is 0. The normalized spacial score (nSPS) is 24.4. The number of ether oxygens (including phenoxy) is 1. The Morgan fingerprint density at radius 1 is 1.53 bits per heavy atom. The van der Waals surface area contributed by atoms with Crippen LogP contribution in [0.3, 0.4) is 0 Å². The second kappa shape index (κ2) is 5.46. The lowest BCUT2D eigenvalue weighted by Gasteiger charge is -2.21. The average Bonchev–Trinajstić information content (AvgIpc) is 3.06. The van der Waals surface area contributed by atoms with Crippen LogP contribution in [0, 0.1) is 5.92 Å². The molecular formula is C13H22N4O2. The highest BCUT2D eigenvalue weighted by Crippen LogP contribution is 2.17. The van der Waals surface area contributed by atoms with E-state index in [1.54, 1.807) is 4.68 Å². The maximum Gasteiger partial charge on any atom is 0.345 e. The highest BCUT2D eigenvalue weighted by molar-refractivity contribution is 4.92. The molecule has 6 nitrogen and oxygen atoms in total. The summed E-state index contributed by atoms with van der Waals surface area (Å²) in [4.78, 5) is 12.3. The van der Waals surface area contributed by atoms with Crippen LogP contribution >= 0.6 is 0 Å². The lowest BCUT2D eigenvalue weighted by Crippen LogP contribution is -2.41. The Morgan fingerprint density at radius 2 is 2.42 bits per heavy atom. The van der Waals surface area contributed by atoms with Crippen LogP contribution in [0.1, 0.15) is 25.1 Å². The lowest BCUT2D eigenvalue weighted by molar-refractivity contribution is 0.174. The van der Waals surface area contributed by atoms with Crippen LogP contribution in [0.25, 0.3) is 0 Å². The molecule has 0 amide bonds. The van der Waals surface area contributed by atoms with Crippen molar-refractivity contribution in [1.29, 1.82) is 0 Å². The van der Waals surface area contributed by atoms with Crippen molar-refractivity contribution in [2.45, 2.75) is 44.8 Å². The third-order valence-electron chi connectivity index (χ3n) is 4.31. The highest BCUT2D eigenvalue weighted by atomic mass is 16.5. The SMILES string of the molecule is CNC(Cn1nc2n(c1=O)CCCC2)C1CCOC1. The molecule has 2 atom stereocenters. The van der Waals surface area contributed by atoms with Gasteiger partial charge in [0.25, 0.3) is 0 Å². The van der Waals surface area contributed by atoms with Crippen molar-refractivity contribution in [3.63, 3.8) is 0 Å². The summed E-state index contributed by atoms with van der Waals surface area (Å²) in [6, 6.07) is 0.261. The molecule has 1 aromatic heterocycles. The fourth-order valence-electron chi connectivity index (χ4n) is 3.10. The first-order chi connectivity index (χ1) is 9.29. The number of aromatic nitrogens is 3. The third kappa shape index (κ3) is 2.47. The minimum Gasteiger partial charge on any atom is -0.381 e. The molecule has 6 heteroatoms. The Hall–Kier alpha value is -1.14. The quantitative estimate of drug-likeness (QED) is 0.833. The van der Waals surface area contributed by atoms with E-state index in [4.69, 9.17) is 4.74 Å². The van der Waals surface area contributed by atoms with Gasteiger partial charge in [-0.15, -0.1) is 0 Å². The Morgan fingerprint density at radius 3 is 3.11 bits per heavy atom. The molecule has 1 N–H and O–H groups in total. The summed E-state index contributed by atoms with van der Waals surface area (Å²) in [7, 11) is 1.95. The Labute approximate surface area is 112 Å². The van der Waals surface area contributed by atoms with Crippen LogP contribution in [0.2, 0.25) is 0 Å². The first kappa shape index (κ1) is 12.9. The molecule has 0 aliphatic carbocycles. The molecule has 0 aromatic carbocycles. The number of rotatable bonds is 4. The van der Waals surface area contributed by atoms with Crippen LogP contribution in [0.5, 0.6) is 0 Å². The largest absolute Gasteiger partial charge is 0.381 e. The highest BCUT2D eigenvalue weighted by Gasteiger charge is 2.26. The fourth-order valence-corrected chi connectivity index (χ4v) is 3.10. The van der Waals surface area contributed by atoms with Gasteiger partial charge in [0.15, 0.2) is 0 Å². The van der Waals surface area contributed by atoms with E-state index in [0.717, 1.165) is 51.3 Å². The molecule has 1 saturated heterocycles. The van der Waals surface area contributed by atoms with E-state index in [1.165, 1.54) is 0 Å². The summed E-state index contributed by atoms with van der Waals surface area (Å²) in [5.41, 5.74) is 0.0499. The summed E-state index contributed by atoms with van der Waals surface area (Å²) in [5.74, 6) is 1.43. The topological polar surface area (TPSA) is 61.1 Å². The lowest BCUT2D eigenvalue weighted by atomic mass is 9.99. The van der Waals surface area contributed by atoms with Crippen LogP contribution < -0.4 is 11.0 Å². The predicted molar refractivity (Wildman–Crippen MR) is 71.2 cm³/mol. The minimum atomic E-state index is 0.0499. The van der Waals surface area contributed by atoms with Crippen molar-refractivity contribution in [1.82, 2.24) is 19.7 Å². The maximum absolute atomic E-state index is 12.3. The average molecular weight is 266 g/mol. The first-order valence-electron chi connectivity index (χ1n) is 7.21. The van der Waals surface area contributed by atoms with Gasteiger partial charge in [0.1, 0.15) is 5.82 Å². The second-order valence-corrected chi connectivity index (χ2v) is 5.51. The second-order valence-electron chi connectivity index (χ2n) is 5.51. The Kier molecular flexibility index (Phi) is 3.70. The fraction of sp³-hybridized carbons (Fsp3) is 0.846. The van der Waals surface area contributed by atoms with E-state index < -0.39 is 0 Å². The van der Waals surface area contributed by atoms with Gasteiger partial charge < -0.3 is 10.1 Å². The number of hydrogen-bond acceptors (Lipinski definition) is 4. The van der Waals surface area contributed by atoms with Gasteiger partial charge in [-0.1, -0.05) is 0 Å². The number of fused-ring (bicyclic) bond motifs is 1. The molecule has 1 aromatic rings. The number of aryl methyl sites for hydroxylation is 1. The molecule has 2 aliphatic heterocycles. The van der Waals surface area contributed by atoms with Crippen LogP contribution in [-0.4, -0.2) is 40.7 Å². The molecule has 2 aliphatic rings. The van der Waals surface area contributed by atoms with Crippen molar-refractivity contribution in [2.75, 3.05) is 20.3 Å². The van der Waals surface area contributed by atoms with Gasteiger partial charge in [-0.25, -0.2) is 9.48 Å². The number of likely N-dealkylation sites (N-methyl/N-ethyl adjacent to an activating group) is 1. The summed E-state index contributed by atoms with van der Waals surface area (Å²) in [5, 5.41) is 7.81. The Bertz CT molecular complexity index is 487. The van der Waals surface area contributed by atoms with Crippen molar-refractivity contribution in [3.8, 4) is 0 Å². The van der Waals surface area contributed by atoms with Gasteiger partial charge in [-0.2, -0.15) is 5.10 Å². The zero-order valence-electron chi connectivity index (χ0n) is 11.5. The summed E-state index contributed by atoms with van der Waals surface area (Å²) in [6.45, 7) is 3.08. The van der Waals surface area contributed by atoms with E-state index >= 15 is 0 Å². The van der Waals surface area contributed by atoms with E-state index in [2.05, 4.69) is 10.4 Å². The van der Waals surface area contributed by atoms with E-state index in [0.29, 0.717) is 12.5 Å².